The van der Waals surface area contributed by atoms with Crippen LogP contribution in [0.5, 0.6) is 0 Å². The summed E-state index contributed by atoms with van der Waals surface area (Å²) in [6.07, 6.45) is 0.578. The molecule has 2 aliphatic rings. The Morgan fingerprint density at radius 2 is 1.94 bits per heavy atom. The molecule has 162 valence electrons. The van der Waals surface area contributed by atoms with E-state index >= 15 is 0 Å². The monoisotopic (exact) mass is 428 g/mol. The van der Waals surface area contributed by atoms with Crippen LogP contribution in [0.1, 0.15) is 30.4 Å². The molecule has 1 aliphatic carbocycles. The predicted octanol–water partition coefficient (Wildman–Crippen LogP) is 3.99. The first-order valence-corrected chi connectivity index (χ1v) is 10.5. The van der Waals surface area contributed by atoms with E-state index in [2.05, 4.69) is 20.5 Å². The first-order valence-electron chi connectivity index (χ1n) is 10.5. The van der Waals surface area contributed by atoms with E-state index in [4.69, 9.17) is 9.97 Å². The second-order valence-corrected chi connectivity index (χ2v) is 8.16. The van der Waals surface area contributed by atoms with Gasteiger partial charge < -0.3 is 15.5 Å². The summed E-state index contributed by atoms with van der Waals surface area (Å²) < 4.78 is 40.2. The summed E-state index contributed by atoms with van der Waals surface area (Å²) in [5.41, 5.74) is 0.0765. The van der Waals surface area contributed by atoms with Gasteiger partial charge in [0.15, 0.2) is 5.65 Å². The lowest BCUT2D eigenvalue weighted by molar-refractivity contribution is -0.138. The average molecular weight is 428 g/mol. The van der Waals surface area contributed by atoms with Gasteiger partial charge in [-0.2, -0.15) is 23.1 Å². The Labute approximate surface area is 177 Å². The minimum atomic E-state index is -4.41. The van der Waals surface area contributed by atoms with Gasteiger partial charge in [-0.1, -0.05) is 18.2 Å². The van der Waals surface area contributed by atoms with Crippen LogP contribution in [-0.4, -0.2) is 40.1 Å². The number of nitrogens with zero attached hydrogens (tertiary/aromatic N) is 4. The maximum absolute atomic E-state index is 13.4. The summed E-state index contributed by atoms with van der Waals surface area (Å²) in [6.45, 7) is 2.52. The minimum absolute atomic E-state index is 0.00281. The zero-order chi connectivity index (χ0) is 21.5. The van der Waals surface area contributed by atoms with Crippen molar-refractivity contribution in [2.45, 2.75) is 37.5 Å². The Bertz CT molecular complexity index is 1100. The lowest BCUT2D eigenvalue weighted by atomic mass is 9.74. The molecule has 2 aromatic heterocycles. The number of benzene rings is 1. The molecule has 2 fully saturated rings. The van der Waals surface area contributed by atoms with E-state index in [9.17, 15) is 13.2 Å². The van der Waals surface area contributed by atoms with E-state index in [0.29, 0.717) is 22.8 Å². The van der Waals surface area contributed by atoms with Crippen molar-refractivity contribution < 1.29 is 13.2 Å². The zero-order valence-electron chi connectivity index (χ0n) is 16.9. The van der Waals surface area contributed by atoms with Crippen LogP contribution in [-0.2, 0) is 12.7 Å². The molecule has 31 heavy (non-hydrogen) atoms. The number of nitrogens with one attached hydrogen (secondary N) is 2. The third-order valence-corrected chi connectivity index (χ3v) is 6.29. The van der Waals surface area contributed by atoms with Crippen LogP contribution in [0.15, 0.2) is 42.6 Å². The van der Waals surface area contributed by atoms with Crippen LogP contribution in [0, 0.1) is 0 Å². The molecule has 1 aromatic carbocycles. The van der Waals surface area contributed by atoms with Crippen LogP contribution in [0.25, 0.3) is 11.0 Å². The molecule has 0 bridgehead atoms. The van der Waals surface area contributed by atoms with Gasteiger partial charge in [-0.25, -0.2) is 4.98 Å². The van der Waals surface area contributed by atoms with Gasteiger partial charge in [-0.3, -0.25) is 0 Å². The maximum atomic E-state index is 13.4. The van der Waals surface area contributed by atoms with Crippen LogP contribution >= 0.6 is 0 Å². The number of alkyl halides is 3. The molecular weight excluding hydrogens is 405 g/mol. The first kappa shape index (κ1) is 20.0. The van der Waals surface area contributed by atoms with Gasteiger partial charge in [0.2, 0.25) is 5.95 Å². The summed E-state index contributed by atoms with van der Waals surface area (Å²) in [7, 11) is 0. The van der Waals surface area contributed by atoms with Gasteiger partial charge in [-0.15, -0.1) is 0 Å². The number of rotatable bonds is 4. The van der Waals surface area contributed by atoms with Crippen molar-refractivity contribution >= 4 is 22.8 Å². The smallest absolute Gasteiger partial charge is 0.365 e. The van der Waals surface area contributed by atoms with Crippen molar-refractivity contribution in [1.29, 1.82) is 0 Å². The number of piperazine rings is 1. The molecule has 1 saturated heterocycles. The van der Waals surface area contributed by atoms with E-state index < -0.39 is 11.7 Å². The van der Waals surface area contributed by atoms with E-state index in [1.165, 1.54) is 18.6 Å². The molecule has 1 spiro atoms. The zero-order valence-corrected chi connectivity index (χ0v) is 16.9. The molecule has 5 rings (SSSR count). The first-order chi connectivity index (χ1) is 15.0. The largest absolute Gasteiger partial charge is 0.416 e. The standard InChI is InChI=1S/C22H23F3N6/c23-22(24,25)17-7-2-1-5-15(17)13-28-19-16-6-3-10-27-18(16)29-20(30-19)31-12-11-26-14-21(31)8-4-9-21/h1-3,5-7,10,26H,4,8-9,11-14H2,(H,27,28,29,30). The van der Waals surface area contributed by atoms with E-state index in [-0.39, 0.29) is 17.6 Å². The quantitative estimate of drug-likeness (QED) is 0.655. The summed E-state index contributed by atoms with van der Waals surface area (Å²) >= 11 is 0. The number of fused-ring (bicyclic) bond motifs is 1. The van der Waals surface area contributed by atoms with Gasteiger partial charge >= 0.3 is 6.18 Å². The molecule has 2 N–H and O–H groups in total. The summed E-state index contributed by atoms with van der Waals surface area (Å²) in [5.74, 6) is 1.08. The van der Waals surface area contributed by atoms with Crippen molar-refractivity contribution in [1.82, 2.24) is 20.3 Å². The fourth-order valence-corrected chi connectivity index (χ4v) is 4.52. The van der Waals surface area contributed by atoms with Crippen molar-refractivity contribution in [2.24, 2.45) is 0 Å². The maximum Gasteiger partial charge on any atom is 0.416 e. The number of anilines is 2. The molecule has 9 heteroatoms. The highest BCUT2D eigenvalue weighted by molar-refractivity contribution is 5.87. The van der Waals surface area contributed by atoms with Crippen molar-refractivity contribution in [3.63, 3.8) is 0 Å². The summed E-state index contributed by atoms with van der Waals surface area (Å²) in [6, 6.07) is 9.20. The number of hydrogen-bond acceptors (Lipinski definition) is 6. The second-order valence-electron chi connectivity index (χ2n) is 8.16. The third kappa shape index (κ3) is 3.67. The topological polar surface area (TPSA) is 66.0 Å². The molecule has 0 unspecified atom stereocenters. The highest BCUT2D eigenvalue weighted by Crippen LogP contribution is 2.41. The van der Waals surface area contributed by atoms with Crippen LogP contribution in [0.4, 0.5) is 24.9 Å². The predicted molar refractivity (Wildman–Crippen MR) is 113 cm³/mol. The van der Waals surface area contributed by atoms with Gasteiger partial charge in [-0.05, 0) is 43.0 Å². The fraction of sp³-hybridized carbons (Fsp3) is 0.409. The Hall–Kier alpha value is -2.94. The summed E-state index contributed by atoms with van der Waals surface area (Å²) in [5, 5.41) is 7.28. The molecule has 3 heterocycles. The second kappa shape index (κ2) is 7.64. The van der Waals surface area contributed by atoms with E-state index in [1.807, 2.05) is 6.07 Å². The molecule has 6 nitrogen and oxygen atoms in total. The van der Waals surface area contributed by atoms with Crippen molar-refractivity contribution in [3.8, 4) is 0 Å². The van der Waals surface area contributed by atoms with E-state index in [0.717, 1.165) is 38.5 Å². The molecule has 0 amide bonds. The SMILES string of the molecule is FC(F)(F)c1ccccc1CNc1nc(N2CCNCC23CCC3)nc2ncccc12. The molecule has 3 aromatic rings. The van der Waals surface area contributed by atoms with Crippen molar-refractivity contribution in [3.05, 3.63) is 53.7 Å². The highest BCUT2D eigenvalue weighted by atomic mass is 19.4. The Balaban J connectivity index is 1.51. The fourth-order valence-electron chi connectivity index (χ4n) is 4.52. The van der Waals surface area contributed by atoms with E-state index in [1.54, 1.807) is 18.3 Å². The lowest BCUT2D eigenvalue weighted by Crippen LogP contribution is -2.65. The van der Waals surface area contributed by atoms with Crippen molar-refractivity contribution in [2.75, 3.05) is 29.9 Å². The minimum Gasteiger partial charge on any atom is -0.365 e. The van der Waals surface area contributed by atoms with Gasteiger partial charge in [0, 0.05) is 32.4 Å². The average Bonchev–Trinajstić information content (AvgIpc) is 2.75. The van der Waals surface area contributed by atoms with Gasteiger partial charge in [0.25, 0.3) is 0 Å². The normalized spacial score (nSPS) is 18.2. The summed E-state index contributed by atoms with van der Waals surface area (Å²) in [4.78, 5) is 16.1. The van der Waals surface area contributed by atoms with Crippen LogP contribution in [0.3, 0.4) is 0 Å². The highest BCUT2D eigenvalue weighted by Gasteiger charge is 2.45. The molecular formula is C22H23F3N6. The number of hydrogen-bond donors (Lipinski definition) is 2. The molecule has 1 aliphatic heterocycles. The number of halogens is 3. The third-order valence-electron chi connectivity index (χ3n) is 6.29. The molecule has 1 saturated carbocycles. The molecule has 0 radical (unpaired) electrons. The Morgan fingerprint density at radius 1 is 1.10 bits per heavy atom. The Kier molecular flexibility index (Phi) is 4.92. The van der Waals surface area contributed by atoms with Gasteiger partial charge in [0.05, 0.1) is 16.5 Å². The molecule has 0 atom stereocenters. The van der Waals surface area contributed by atoms with Crippen LogP contribution < -0.4 is 15.5 Å². The Morgan fingerprint density at radius 3 is 2.71 bits per heavy atom. The lowest BCUT2D eigenvalue weighted by Gasteiger charge is -2.53. The number of pyridine rings is 1. The van der Waals surface area contributed by atoms with Crippen LogP contribution in [0.2, 0.25) is 0 Å². The number of aromatic nitrogens is 3. The van der Waals surface area contributed by atoms with Gasteiger partial charge in [0.1, 0.15) is 5.82 Å².